The van der Waals surface area contributed by atoms with Crippen LogP contribution in [0.15, 0.2) is 24.4 Å². The number of nitrogens with zero attached hydrogens (tertiary/aromatic N) is 3. The Morgan fingerprint density at radius 2 is 2.24 bits per heavy atom. The lowest BCUT2D eigenvalue weighted by atomic mass is 10.2. The van der Waals surface area contributed by atoms with Gasteiger partial charge in [-0.25, -0.2) is 9.67 Å². The van der Waals surface area contributed by atoms with Crippen LogP contribution in [0.4, 0.5) is 0 Å². The summed E-state index contributed by atoms with van der Waals surface area (Å²) < 4.78 is 7.20. The maximum Gasteiger partial charge on any atom is 0.232 e. The number of pyridine rings is 1. The summed E-state index contributed by atoms with van der Waals surface area (Å²) >= 11 is 0. The van der Waals surface area contributed by atoms with Crippen molar-refractivity contribution in [3.8, 4) is 11.8 Å². The number of hydrogen-bond donors (Lipinski definition) is 0. The molecule has 0 aromatic carbocycles. The first kappa shape index (κ1) is 11.3. The summed E-state index contributed by atoms with van der Waals surface area (Å²) in [6.07, 6.45) is 1.59. The Balaban J connectivity index is 2.36. The molecule has 2 aromatic heterocycles. The third-order valence-corrected chi connectivity index (χ3v) is 2.31. The minimum absolute atomic E-state index is 0.0769. The highest BCUT2D eigenvalue weighted by atomic mass is 16.5. The molecule has 2 rings (SSSR count). The summed E-state index contributed by atoms with van der Waals surface area (Å²) in [6, 6.07) is 5.19. The summed E-state index contributed by atoms with van der Waals surface area (Å²) in [7, 11) is 1.78. The number of carbonyl (C=O) groups excluding carboxylic acids is 1. The Morgan fingerprint density at radius 3 is 2.82 bits per heavy atom. The fraction of sp³-hybridized carbons (Fsp3) is 0.250. The largest absolute Gasteiger partial charge is 0.420 e. The van der Waals surface area contributed by atoms with Gasteiger partial charge in [0.05, 0.1) is 11.3 Å². The number of carbonyl (C=O) groups is 1. The van der Waals surface area contributed by atoms with Crippen molar-refractivity contribution in [1.29, 1.82) is 0 Å². The zero-order valence-corrected chi connectivity index (χ0v) is 9.97. The molecule has 2 aromatic rings. The molecule has 5 heteroatoms. The minimum atomic E-state index is -0.0769. The van der Waals surface area contributed by atoms with E-state index in [-0.39, 0.29) is 5.78 Å². The lowest BCUT2D eigenvalue weighted by Crippen LogP contribution is -2.01. The highest BCUT2D eigenvalue weighted by Gasteiger charge is 2.12. The topological polar surface area (TPSA) is 57.0 Å². The van der Waals surface area contributed by atoms with Gasteiger partial charge in [-0.15, -0.1) is 0 Å². The van der Waals surface area contributed by atoms with E-state index >= 15 is 0 Å². The first-order valence-corrected chi connectivity index (χ1v) is 5.22. The van der Waals surface area contributed by atoms with Crippen molar-refractivity contribution in [3.05, 3.63) is 35.7 Å². The molecule has 0 fully saturated rings. The molecule has 0 bridgehead atoms. The molecule has 88 valence electrons. The van der Waals surface area contributed by atoms with Gasteiger partial charge >= 0.3 is 0 Å². The summed E-state index contributed by atoms with van der Waals surface area (Å²) in [5.74, 6) is 0.790. The van der Waals surface area contributed by atoms with E-state index in [4.69, 9.17) is 4.74 Å². The lowest BCUT2D eigenvalue weighted by molar-refractivity contribution is 0.101. The van der Waals surface area contributed by atoms with Gasteiger partial charge in [0.2, 0.25) is 11.8 Å². The van der Waals surface area contributed by atoms with Crippen LogP contribution in [0.3, 0.4) is 0 Å². The Bertz CT molecular complexity index is 561. The van der Waals surface area contributed by atoms with Crippen LogP contribution in [-0.2, 0) is 7.05 Å². The molecule has 0 N–H and O–H groups in total. The molecule has 0 spiro atoms. The molecule has 0 amide bonds. The number of aromatic nitrogens is 3. The molecule has 5 nitrogen and oxygen atoms in total. The van der Waals surface area contributed by atoms with Crippen LogP contribution in [0.5, 0.6) is 11.8 Å². The minimum Gasteiger partial charge on any atom is -0.420 e. The molecule has 17 heavy (non-hydrogen) atoms. The first-order valence-electron chi connectivity index (χ1n) is 5.22. The van der Waals surface area contributed by atoms with Crippen molar-refractivity contribution in [2.45, 2.75) is 13.8 Å². The van der Waals surface area contributed by atoms with Gasteiger partial charge in [-0.05, 0) is 26.0 Å². The quantitative estimate of drug-likeness (QED) is 0.759. The third-order valence-electron chi connectivity index (χ3n) is 2.31. The maximum absolute atomic E-state index is 11.4. The third kappa shape index (κ3) is 2.33. The molecular formula is C12H13N3O2. The van der Waals surface area contributed by atoms with Gasteiger partial charge in [-0.2, -0.15) is 5.10 Å². The van der Waals surface area contributed by atoms with Crippen molar-refractivity contribution < 1.29 is 9.53 Å². The van der Waals surface area contributed by atoms with Gasteiger partial charge in [-0.3, -0.25) is 4.79 Å². The second-order valence-corrected chi connectivity index (χ2v) is 3.76. The highest BCUT2D eigenvalue weighted by Crippen LogP contribution is 2.23. The van der Waals surface area contributed by atoms with E-state index in [0.29, 0.717) is 17.3 Å². The zero-order valence-electron chi connectivity index (χ0n) is 9.97. The summed E-state index contributed by atoms with van der Waals surface area (Å²) in [4.78, 5) is 15.5. The zero-order chi connectivity index (χ0) is 12.4. The predicted octanol–water partition coefficient (Wildman–Crippen LogP) is 2.12. The van der Waals surface area contributed by atoms with Crippen LogP contribution in [0.2, 0.25) is 0 Å². The number of rotatable bonds is 3. The van der Waals surface area contributed by atoms with Gasteiger partial charge in [0.25, 0.3) is 0 Å². The second kappa shape index (κ2) is 4.37. The van der Waals surface area contributed by atoms with Crippen LogP contribution >= 0.6 is 0 Å². The summed E-state index contributed by atoms with van der Waals surface area (Å²) in [5.41, 5.74) is 1.31. The molecule has 0 radical (unpaired) electrons. The summed E-state index contributed by atoms with van der Waals surface area (Å²) in [5, 5.41) is 4.16. The van der Waals surface area contributed by atoms with Crippen LogP contribution in [-0.4, -0.2) is 20.5 Å². The predicted molar refractivity (Wildman–Crippen MR) is 62.3 cm³/mol. The van der Waals surface area contributed by atoms with Crippen molar-refractivity contribution in [3.63, 3.8) is 0 Å². The fourth-order valence-corrected chi connectivity index (χ4v) is 1.52. The van der Waals surface area contributed by atoms with E-state index in [1.807, 2.05) is 6.92 Å². The normalized spacial score (nSPS) is 10.3. The number of hydrogen-bond acceptors (Lipinski definition) is 4. The van der Waals surface area contributed by atoms with Crippen molar-refractivity contribution in [1.82, 2.24) is 14.8 Å². The van der Waals surface area contributed by atoms with Crippen LogP contribution in [0.1, 0.15) is 23.0 Å². The van der Waals surface area contributed by atoms with E-state index in [2.05, 4.69) is 10.1 Å². The molecule has 0 aliphatic carbocycles. The van der Waals surface area contributed by atoms with Gasteiger partial charge < -0.3 is 4.74 Å². The highest BCUT2D eigenvalue weighted by molar-refractivity contribution is 5.96. The smallest absolute Gasteiger partial charge is 0.232 e. The van der Waals surface area contributed by atoms with Gasteiger partial charge in [0.1, 0.15) is 0 Å². The molecule has 0 saturated carbocycles. The van der Waals surface area contributed by atoms with Crippen LogP contribution in [0.25, 0.3) is 0 Å². The number of Topliss-reactive ketones (excluding diaryl/α,β-unsaturated/α-hetero) is 1. The standard InChI is InChI=1S/C12H13N3O2/c1-8-7-11(15(3)14-8)17-12-10(9(2)16)5-4-6-13-12/h4-7H,1-3H3. The number of aryl methyl sites for hydroxylation is 2. The molecule has 0 saturated heterocycles. The summed E-state index contributed by atoms with van der Waals surface area (Å²) in [6.45, 7) is 3.36. The Kier molecular flexibility index (Phi) is 2.91. The van der Waals surface area contributed by atoms with Crippen LogP contribution in [0, 0.1) is 6.92 Å². The van der Waals surface area contributed by atoms with Crippen molar-refractivity contribution >= 4 is 5.78 Å². The van der Waals surface area contributed by atoms with Gasteiger partial charge in [-0.1, -0.05) is 0 Å². The molecule has 0 atom stereocenters. The van der Waals surface area contributed by atoms with E-state index in [1.54, 1.807) is 36.1 Å². The first-order chi connectivity index (χ1) is 8.08. The molecule has 0 aliphatic rings. The van der Waals surface area contributed by atoms with E-state index < -0.39 is 0 Å². The fourth-order valence-electron chi connectivity index (χ4n) is 1.52. The second-order valence-electron chi connectivity index (χ2n) is 3.76. The van der Waals surface area contributed by atoms with Crippen molar-refractivity contribution in [2.75, 3.05) is 0 Å². The molecule has 2 heterocycles. The van der Waals surface area contributed by atoms with E-state index in [1.165, 1.54) is 6.92 Å². The Morgan fingerprint density at radius 1 is 1.47 bits per heavy atom. The van der Waals surface area contributed by atoms with Crippen molar-refractivity contribution in [2.24, 2.45) is 7.05 Å². The Hall–Kier alpha value is -2.17. The Labute approximate surface area is 99.1 Å². The average molecular weight is 231 g/mol. The molecule has 0 unspecified atom stereocenters. The van der Waals surface area contributed by atoms with Gasteiger partial charge in [0, 0.05) is 19.3 Å². The van der Waals surface area contributed by atoms with E-state index in [9.17, 15) is 4.79 Å². The van der Waals surface area contributed by atoms with Crippen LogP contribution < -0.4 is 4.74 Å². The number of ketones is 1. The molecular weight excluding hydrogens is 218 g/mol. The monoisotopic (exact) mass is 231 g/mol. The van der Waals surface area contributed by atoms with E-state index in [0.717, 1.165) is 5.69 Å². The average Bonchev–Trinajstić information content (AvgIpc) is 2.58. The SMILES string of the molecule is CC(=O)c1cccnc1Oc1cc(C)nn1C. The maximum atomic E-state index is 11.4. The number of ether oxygens (including phenoxy) is 1. The lowest BCUT2D eigenvalue weighted by Gasteiger charge is -2.07. The molecule has 0 aliphatic heterocycles. The van der Waals surface area contributed by atoms with Gasteiger partial charge in [0.15, 0.2) is 5.78 Å².